The Morgan fingerprint density at radius 2 is 1.43 bits per heavy atom. The SMILES string of the molecule is CCCCCCCCC(CC(NC(C)=O)(C(=O)O)C(=O)C(C)(C)Br)C1O[C@H](CO)[C@@H](O[C@@H]2O[C@H](CO)[C@H](O)[C@H](O)[C@H]2O)[C@H](O)[C@H]1O. The molecule has 2 heterocycles. The summed E-state index contributed by atoms with van der Waals surface area (Å²) in [6.07, 6.45) is -11.3. The topological polar surface area (TPSA) is 253 Å². The van der Waals surface area contributed by atoms with Gasteiger partial charge in [-0.05, 0) is 32.6 Å². The number of aliphatic carboxylic acids is 1. The van der Waals surface area contributed by atoms with E-state index in [2.05, 4.69) is 28.2 Å². The predicted molar refractivity (Wildman–Crippen MR) is 165 cm³/mol. The highest BCUT2D eigenvalue weighted by Crippen LogP contribution is 2.38. The summed E-state index contributed by atoms with van der Waals surface area (Å²) in [5.74, 6) is -4.21. The molecular weight excluding hydrogens is 678 g/mol. The van der Waals surface area contributed by atoms with Crippen LogP contribution in [0.1, 0.15) is 79.1 Å². The number of ether oxygens (including phenoxy) is 3. The van der Waals surface area contributed by atoms with Gasteiger partial charge in [0.15, 0.2) is 17.6 Å². The number of Topliss-reactive ketones (excluding diaryl/α,β-unsaturated/α-hetero) is 1. The molecule has 0 radical (unpaired) electrons. The molecule has 268 valence electrons. The predicted octanol–water partition coefficient (Wildman–Crippen LogP) is -0.888. The van der Waals surface area contributed by atoms with Crippen molar-refractivity contribution in [3.8, 4) is 0 Å². The molecule has 0 spiro atoms. The summed E-state index contributed by atoms with van der Waals surface area (Å²) in [4.78, 5) is 38.8. The van der Waals surface area contributed by atoms with E-state index < -0.39 is 114 Å². The van der Waals surface area contributed by atoms with Crippen molar-refractivity contribution in [2.24, 2.45) is 5.92 Å². The first kappa shape index (κ1) is 40.9. The zero-order valence-electron chi connectivity index (χ0n) is 26.8. The Labute approximate surface area is 277 Å². The second-order valence-electron chi connectivity index (χ2n) is 12.8. The van der Waals surface area contributed by atoms with Gasteiger partial charge in [0, 0.05) is 6.92 Å². The molecule has 2 saturated heterocycles. The van der Waals surface area contributed by atoms with Crippen LogP contribution in [0.25, 0.3) is 0 Å². The van der Waals surface area contributed by atoms with Crippen LogP contribution < -0.4 is 5.32 Å². The Hall–Kier alpha value is -1.31. The maximum absolute atomic E-state index is 13.7. The molecule has 12 atom stereocenters. The zero-order chi connectivity index (χ0) is 35.0. The van der Waals surface area contributed by atoms with E-state index in [9.17, 15) is 55.2 Å². The van der Waals surface area contributed by atoms with Crippen LogP contribution in [0.5, 0.6) is 0 Å². The summed E-state index contributed by atoms with van der Waals surface area (Å²) in [6, 6.07) is 0. The Bertz CT molecular complexity index is 993. The number of carbonyl (C=O) groups excluding carboxylic acids is 2. The largest absolute Gasteiger partial charge is 0.479 e. The summed E-state index contributed by atoms with van der Waals surface area (Å²) in [5.41, 5.74) is -2.45. The highest BCUT2D eigenvalue weighted by molar-refractivity contribution is 9.10. The van der Waals surface area contributed by atoms with Gasteiger partial charge in [-0.25, -0.2) is 4.79 Å². The van der Waals surface area contributed by atoms with Gasteiger partial charge in [-0.1, -0.05) is 61.4 Å². The van der Waals surface area contributed by atoms with Gasteiger partial charge in [-0.3, -0.25) is 9.59 Å². The smallest absolute Gasteiger partial charge is 0.337 e. The number of carboxylic acid groups (broad SMARTS) is 1. The molecule has 0 saturated carbocycles. The van der Waals surface area contributed by atoms with Gasteiger partial charge in [-0.15, -0.1) is 0 Å². The van der Waals surface area contributed by atoms with Crippen LogP contribution in [0.4, 0.5) is 0 Å². The van der Waals surface area contributed by atoms with Crippen molar-refractivity contribution in [3.05, 3.63) is 0 Å². The molecule has 2 aliphatic heterocycles. The van der Waals surface area contributed by atoms with E-state index in [4.69, 9.17) is 14.2 Å². The Morgan fingerprint density at radius 1 is 0.848 bits per heavy atom. The number of nitrogens with one attached hydrogen (secondary N) is 1. The van der Waals surface area contributed by atoms with E-state index >= 15 is 0 Å². The average molecular weight is 731 g/mol. The van der Waals surface area contributed by atoms with Crippen molar-refractivity contribution in [1.82, 2.24) is 5.32 Å². The molecule has 0 bridgehead atoms. The minimum absolute atomic E-state index is 0.224. The fraction of sp³-hybridized carbons (Fsp3) is 0.900. The number of halogens is 1. The van der Waals surface area contributed by atoms with Gasteiger partial charge in [0.1, 0.15) is 48.8 Å². The molecule has 15 nitrogen and oxygen atoms in total. The molecular formula is C30H52BrNO14. The molecule has 0 aromatic rings. The average Bonchev–Trinajstić information content (AvgIpc) is 2.99. The molecule has 0 aliphatic carbocycles. The van der Waals surface area contributed by atoms with E-state index in [1.54, 1.807) is 0 Å². The quantitative estimate of drug-likeness (QED) is 0.0472. The van der Waals surface area contributed by atoms with Crippen molar-refractivity contribution in [2.45, 2.75) is 150 Å². The van der Waals surface area contributed by atoms with E-state index in [1.165, 1.54) is 13.8 Å². The van der Waals surface area contributed by atoms with Gasteiger partial charge in [0.2, 0.25) is 5.91 Å². The Morgan fingerprint density at radius 3 is 1.96 bits per heavy atom. The molecule has 1 amide bonds. The lowest BCUT2D eigenvalue weighted by Crippen LogP contribution is -2.67. The van der Waals surface area contributed by atoms with Crippen LogP contribution in [-0.4, -0.2) is 143 Å². The lowest BCUT2D eigenvalue weighted by Gasteiger charge is -2.48. The maximum atomic E-state index is 13.7. The summed E-state index contributed by atoms with van der Waals surface area (Å²) in [7, 11) is 0. The number of alkyl halides is 1. The fourth-order valence-electron chi connectivity index (χ4n) is 6.22. The minimum atomic E-state index is -2.45. The van der Waals surface area contributed by atoms with E-state index in [1.807, 2.05) is 0 Å². The van der Waals surface area contributed by atoms with Gasteiger partial charge < -0.3 is 60.4 Å². The number of ketones is 1. The molecule has 0 aromatic carbocycles. The number of hydrogen-bond acceptors (Lipinski definition) is 13. The molecule has 16 heteroatoms. The molecule has 9 N–H and O–H groups in total. The van der Waals surface area contributed by atoms with Gasteiger partial charge in [-0.2, -0.15) is 0 Å². The number of carbonyl (C=O) groups is 3. The molecule has 46 heavy (non-hydrogen) atoms. The second kappa shape index (κ2) is 17.9. The maximum Gasteiger partial charge on any atom is 0.337 e. The van der Waals surface area contributed by atoms with Gasteiger partial charge in [0.25, 0.3) is 0 Å². The second-order valence-corrected chi connectivity index (χ2v) is 14.8. The molecule has 2 aliphatic rings. The fourth-order valence-corrected chi connectivity index (χ4v) is 6.56. The standard InChI is InChI=1S/C30H52BrNO14/c1-5-6-7-8-9-10-11-16(12-30(28(42)43,32-15(2)35)27(41)29(3,4)31)24-21(38)22(39)25(18(14-34)44-24)46-26-23(40)20(37)19(36)17(13-33)45-26/h16-26,33-34,36-40H,5-14H2,1-4H3,(H,32,35)(H,42,43)/t16?,17-,18-,19+,20+,21-,22-,23-,24?,25-,26+,30?/m1/s1. The summed E-state index contributed by atoms with van der Waals surface area (Å²) in [6.45, 7) is 4.51. The van der Waals surface area contributed by atoms with Crippen molar-refractivity contribution < 1.29 is 69.4 Å². The third-order valence-corrected chi connectivity index (χ3v) is 9.04. The number of unbranched alkanes of at least 4 members (excludes halogenated alkanes) is 5. The minimum Gasteiger partial charge on any atom is -0.479 e. The van der Waals surface area contributed by atoms with Crippen molar-refractivity contribution in [2.75, 3.05) is 13.2 Å². The normalized spacial score (nSPS) is 34.0. The Kier molecular flexibility index (Phi) is 15.9. The number of amides is 1. The highest BCUT2D eigenvalue weighted by Gasteiger charge is 2.57. The molecule has 2 rings (SSSR count). The van der Waals surface area contributed by atoms with Crippen LogP contribution in [0.15, 0.2) is 0 Å². The summed E-state index contributed by atoms with van der Waals surface area (Å²) in [5, 5.41) is 85.8. The molecule has 0 aromatic heterocycles. The summed E-state index contributed by atoms with van der Waals surface area (Å²) >= 11 is 3.22. The van der Waals surface area contributed by atoms with Crippen molar-refractivity contribution in [1.29, 1.82) is 0 Å². The van der Waals surface area contributed by atoms with E-state index in [0.717, 1.165) is 39.0 Å². The zero-order valence-corrected chi connectivity index (χ0v) is 28.4. The lowest BCUT2D eigenvalue weighted by molar-refractivity contribution is -0.344. The van der Waals surface area contributed by atoms with Gasteiger partial charge >= 0.3 is 5.97 Å². The van der Waals surface area contributed by atoms with Crippen LogP contribution in [0.3, 0.4) is 0 Å². The van der Waals surface area contributed by atoms with Crippen LogP contribution in [0, 0.1) is 5.92 Å². The summed E-state index contributed by atoms with van der Waals surface area (Å²) < 4.78 is 15.7. The van der Waals surface area contributed by atoms with Crippen LogP contribution in [-0.2, 0) is 28.6 Å². The first-order valence-corrected chi connectivity index (χ1v) is 16.6. The number of rotatable bonds is 18. The monoisotopic (exact) mass is 729 g/mol. The number of aliphatic hydroxyl groups excluding tert-OH is 7. The Balaban J connectivity index is 2.45. The van der Waals surface area contributed by atoms with Gasteiger partial charge in [0.05, 0.1) is 23.6 Å². The van der Waals surface area contributed by atoms with E-state index in [-0.39, 0.29) is 6.42 Å². The molecule has 3 unspecified atom stereocenters. The number of aliphatic hydroxyl groups is 7. The van der Waals surface area contributed by atoms with E-state index in [0.29, 0.717) is 6.42 Å². The van der Waals surface area contributed by atoms with Crippen LogP contribution in [0.2, 0.25) is 0 Å². The number of carboxylic acids is 1. The molecule has 2 fully saturated rings. The van der Waals surface area contributed by atoms with Crippen molar-refractivity contribution >= 4 is 33.6 Å². The van der Waals surface area contributed by atoms with Crippen LogP contribution >= 0.6 is 15.9 Å². The lowest BCUT2D eigenvalue weighted by atomic mass is 9.74. The first-order chi connectivity index (χ1) is 21.5. The third-order valence-electron chi connectivity index (χ3n) is 8.68. The number of hydrogen-bond donors (Lipinski definition) is 9. The highest BCUT2D eigenvalue weighted by atomic mass is 79.9. The first-order valence-electron chi connectivity index (χ1n) is 15.8. The van der Waals surface area contributed by atoms with Crippen molar-refractivity contribution in [3.63, 3.8) is 0 Å². The third kappa shape index (κ3) is 9.87.